The number of carboxylic acids is 1. The standard InChI is InChI=1S/C18H9F3N2O7/c19-18(20,21)30-10-7-13(22(26)27)16(14(8-10)23(28)29)15-11-4-2-1-3-9(11)5-6-12(15)17(24)25/h1-8H,(H,24,25). The molecule has 0 saturated carbocycles. The molecule has 12 heteroatoms. The summed E-state index contributed by atoms with van der Waals surface area (Å²) in [5.41, 5.74) is -3.82. The number of hydrogen-bond donors (Lipinski definition) is 1. The Bertz CT molecular complexity index is 1170. The van der Waals surface area contributed by atoms with Crippen LogP contribution in [0.25, 0.3) is 21.9 Å². The highest BCUT2D eigenvalue weighted by Crippen LogP contribution is 2.46. The van der Waals surface area contributed by atoms with E-state index in [1.54, 1.807) is 12.1 Å². The van der Waals surface area contributed by atoms with Crippen molar-refractivity contribution in [1.82, 2.24) is 0 Å². The highest BCUT2D eigenvalue weighted by Gasteiger charge is 2.36. The van der Waals surface area contributed by atoms with Crippen molar-refractivity contribution in [3.05, 3.63) is 74.3 Å². The van der Waals surface area contributed by atoms with Crippen LogP contribution in [0.2, 0.25) is 0 Å². The Morgan fingerprint density at radius 3 is 2.00 bits per heavy atom. The number of hydrogen-bond acceptors (Lipinski definition) is 6. The van der Waals surface area contributed by atoms with E-state index in [1.807, 2.05) is 0 Å². The molecule has 0 radical (unpaired) electrons. The minimum absolute atomic E-state index is 0.132. The largest absolute Gasteiger partial charge is 0.573 e. The Morgan fingerprint density at radius 1 is 0.933 bits per heavy atom. The van der Waals surface area contributed by atoms with Crippen LogP contribution in [0.15, 0.2) is 48.5 Å². The predicted octanol–water partition coefficient (Wildman–Crippen LogP) is 4.92. The van der Waals surface area contributed by atoms with E-state index in [0.717, 1.165) is 6.07 Å². The Morgan fingerprint density at radius 2 is 1.50 bits per heavy atom. The smallest absolute Gasteiger partial charge is 0.478 e. The van der Waals surface area contributed by atoms with Crippen molar-refractivity contribution in [2.45, 2.75) is 6.36 Å². The second-order valence-electron chi connectivity index (χ2n) is 5.91. The average molecular weight is 422 g/mol. The molecule has 30 heavy (non-hydrogen) atoms. The van der Waals surface area contributed by atoms with Gasteiger partial charge in [-0.25, -0.2) is 4.79 Å². The van der Waals surface area contributed by atoms with E-state index in [2.05, 4.69) is 4.74 Å². The van der Waals surface area contributed by atoms with E-state index in [-0.39, 0.29) is 10.9 Å². The molecule has 0 amide bonds. The average Bonchev–Trinajstić information content (AvgIpc) is 2.65. The van der Waals surface area contributed by atoms with Gasteiger partial charge < -0.3 is 9.84 Å². The first-order valence-corrected chi connectivity index (χ1v) is 7.97. The summed E-state index contributed by atoms with van der Waals surface area (Å²) in [6.45, 7) is 0. The number of aromatic carboxylic acids is 1. The monoisotopic (exact) mass is 422 g/mol. The van der Waals surface area contributed by atoms with Crippen molar-refractivity contribution in [3.63, 3.8) is 0 Å². The molecule has 3 aromatic rings. The summed E-state index contributed by atoms with van der Waals surface area (Å²) in [7, 11) is 0. The topological polar surface area (TPSA) is 133 Å². The van der Waals surface area contributed by atoms with Gasteiger partial charge in [-0.15, -0.1) is 13.2 Å². The fourth-order valence-electron chi connectivity index (χ4n) is 3.04. The Kier molecular flexibility index (Phi) is 5.00. The molecule has 154 valence electrons. The molecule has 0 bridgehead atoms. The van der Waals surface area contributed by atoms with Crippen molar-refractivity contribution in [3.8, 4) is 16.9 Å². The van der Waals surface area contributed by atoms with Gasteiger partial charge in [0.2, 0.25) is 0 Å². The highest BCUT2D eigenvalue weighted by atomic mass is 19.4. The van der Waals surface area contributed by atoms with Crippen molar-refractivity contribution in [2.24, 2.45) is 0 Å². The van der Waals surface area contributed by atoms with Crippen molar-refractivity contribution >= 4 is 28.1 Å². The molecular weight excluding hydrogens is 413 g/mol. The molecule has 0 atom stereocenters. The van der Waals surface area contributed by atoms with Crippen LogP contribution in [0.4, 0.5) is 24.5 Å². The number of carbonyl (C=O) groups is 1. The van der Waals surface area contributed by atoms with E-state index in [4.69, 9.17) is 0 Å². The van der Waals surface area contributed by atoms with Gasteiger partial charge in [-0.3, -0.25) is 20.2 Å². The zero-order valence-corrected chi connectivity index (χ0v) is 14.5. The van der Waals surface area contributed by atoms with Gasteiger partial charge in [-0.2, -0.15) is 0 Å². The third-order valence-corrected chi connectivity index (χ3v) is 4.11. The first kappa shape index (κ1) is 20.5. The summed E-state index contributed by atoms with van der Waals surface area (Å²) in [5, 5.41) is 33.3. The fourth-order valence-corrected chi connectivity index (χ4v) is 3.04. The molecule has 9 nitrogen and oxygen atoms in total. The first-order chi connectivity index (χ1) is 14.0. The maximum Gasteiger partial charge on any atom is 0.573 e. The molecule has 0 heterocycles. The summed E-state index contributed by atoms with van der Waals surface area (Å²) in [5.74, 6) is -2.71. The van der Waals surface area contributed by atoms with E-state index in [1.165, 1.54) is 18.2 Å². The third kappa shape index (κ3) is 3.83. The SMILES string of the molecule is O=C(O)c1ccc2ccccc2c1-c1c([N+](=O)[O-])cc(OC(F)(F)F)cc1[N+](=O)[O-]. The van der Waals surface area contributed by atoms with Crippen LogP contribution in [-0.4, -0.2) is 27.3 Å². The highest BCUT2D eigenvalue weighted by molar-refractivity contribution is 6.10. The first-order valence-electron chi connectivity index (χ1n) is 7.97. The summed E-state index contributed by atoms with van der Waals surface area (Å²) in [6.07, 6.45) is -5.26. The minimum Gasteiger partial charge on any atom is -0.478 e. The van der Waals surface area contributed by atoms with E-state index >= 15 is 0 Å². The Labute approximate surface area is 164 Å². The summed E-state index contributed by atoms with van der Waals surface area (Å²) in [4.78, 5) is 32.7. The lowest BCUT2D eigenvalue weighted by molar-refractivity contribution is -0.393. The van der Waals surface area contributed by atoms with Gasteiger partial charge in [0.15, 0.2) is 0 Å². The molecule has 3 rings (SSSR count). The molecule has 1 N–H and O–H groups in total. The van der Waals surface area contributed by atoms with Crippen LogP contribution in [-0.2, 0) is 0 Å². The van der Waals surface area contributed by atoms with Gasteiger partial charge in [0.25, 0.3) is 11.4 Å². The molecule has 0 aliphatic heterocycles. The van der Waals surface area contributed by atoms with Crippen LogP contribution in [0.1, 0.15) is 10.4 Å². The Balaban J connectivity index is 2.50. The number of carboxylic acid groups (broad SMARTS) is 1. The maximum atomic E-state index is 12.6. The number of ether oxygens (including phenoxy) is 1. The van der Waals surface area contributed by atoms with E-state index < -0.39 is 50.4 Å². The molecule has 0 aromatic heterocycles. The second kappa shape index (κ2) is 7.31. The lowest BCUT2D eigenvalue weighted by Crippen LogP contribution is -2.17. The lowest BCUT2D eigenvalue weighted by Gasteiger charge is -2.14. The number of nitro benzene ring substituents is 2. The van der Waals surface area contributed by atoms with Crippen LogP contribution in [0.5, 0.6) is 5.75 Å². The van der Waals surface area contributed by atoms with Gasteiger partial charge >= 0.3 is 12.3 Å². The van der Waals surface area contributed by atoms with E-state index in [9.17, 15) is 43.3 Å². The molecule has 0 saturated heterocycles. The number of nitro groups is 2. The van der Waals surface area contributed by atoms with Crippen LogP contribution in [0.3, 0.4) is 0 Å². The number of fused-ring (bicyclic) bond motifs is 1. The number of benzene rings is 3. The number of alkyl halides is 3. The molecule has 3 aromatic carbocycles. The van der Waals surface area contributed by atoms with Gasteiger partial charge in [-0.05, 0) is 16.8 Å². The van der Waals surface area contributed by atoms with Crippen LogP contribution < -0.4 is 4.74 Å². The molecule has 0 fully saturated rings. The maximum absolute atomic E-state index is 12.6. The van der Waals surface area contributed by atoms with Crippen LogP contribution >= 0.6 is 0 Å². The van der Waals surface area contributed by atoms with Gasteiger partial charge in [0.05, 0.1) is 27.5 Å². The van der Waals surface area contributed by atoms with Gasteiger partial charge in [0, 0.05) is 5.56 Å². The van der Waals surface area contributed by atoms with Gasteiger partial charge in [-0.1, -0.05) is 30.3 Å². The molecule has 0 unspecified atom stereocenters. The van der Waals surface area contributed by atoms with Crippen molar-refractivity contribution < 1.29 is 37.7 Å². The molecule has 0 aliphatic carbocycles. The third-order valence-electron chi connectivity index (χ3n) is 4.11. The van der Waals surface area contributed by atoms with Crippen molar-refractivity contribution in [2.75, 3.05) is 0 Å². The quantitative estimate of drug-likeness (QED) is 0.456. The number of halogens is 3. The predicted molar refractivity (Wildman–Crippen MR) is 96.3 cm³/mol. The number of nitrogens with zero attached hydrogens (tertiary/aromatic N) is 2. The van der Waals surface area contributed by atoms with Gasteiger partial charge in [0.1, 0.15) is 11.3 Å². The summed E-state index contributed by atoms with van der Waals surface area (Å²) >= 11 is 0. The normalized spacial score (nSPS) is 11.3. The van der Waals surface area contributed by atoms with E-state index in [0.29, 0.717) is 17.5 Å². The molecule has 0 spiro atoms. The summed E-state index contributed by atoms with van der Waals surface area (Å²) in [6, 6.07) is 9.25. The Hall–Kier alpha value is -4.22. The number of rotatable bonds is 5. The molecular formula is C18H9F3N2O7. The second-order valence-corrected chi connectivity index (χ2v) is 5.91. The fraction of sp³-hybridized carbons (Fsp3) is 0.0556. The lowest BCUT2D eigenvalue weighted by atomic mass is 9.91. The van der Waals surface area contributed by atoms with Crippen molar-refractivity contribution in [1.29, 1.82) is 0 Å². The van der Waals surface area contributed by atoms with Crippen LogP contribution in [0, 0.1) is 20.2 Å². The zero-order valence-electron chi connectivity index (χ0n) is 14.5. The zero-order chi connectivity index (χ0) is 22.2. The summed E-state index contributed by atoms with van der Waals surface area (Å²) < 4.78 is 41.3. The molecule has 0 aliphatic rings. The minimum atomic E-state index is -5.26.